The van der Waals surface area contributed by atoms with Gasteiger partial charge in [0, 0.05) is 17.1 Å². The van der Waals surface area contributed by atoms with Gasteiger partial charge in [0.05, 0.1) is 17.6 Å². The van der Waals surface area contributed by atoms with Crippen LogP contribution in [0.1, 0.15) is 26.7 Å². The summed E-state index contributed by atoms with van der Waals surface area (Å²) in [5.74, 6) is 0.449. The first kappa shape index (κ1) is 13.8. The van der Waals surface area contributed by atoms with Gasteiger partial charge in [0.15, 0.2) is 0 Å². The Hall–Kier alpha value is -1.23. The summed E-state index contributed by atoms with van der Waals surface area (Å²) in [5.41, 5.74) is 6.36. The SMILES string of the molecule is CCC(CC)NC(=O)CSc1ccncc1N. The van der Waals surface area contributed by atoms with E-state index in [4.69, 9.17) is 5.73 Å². The average molecular weight is 253 g/mol. The van der Waals surface area contributed by atoms with Crippen molar-refractivity contribution in [1.29, 1.82) is 0 Å². The number of nitrogen functional groups attached to an aromatic ring is 1. The van der Waals surface area contributed by atoms with E-state index >= 15 is 0 Å². The Labute approximate surface area is 106 Å². The maximum Gasteiger partial charge on any atom is 0.230 e. The second kappa shape index (κ2) is 7.17. The van der Waals surface area contributed by atoms with Gasteiger partial charge < -0.3 is 11.1 Å². The first-order valence-electron chi connectivity index (χ1n) is 5.79. The van der Waals surface area contributed by atoms with E-state index in [1.54, 1.807) is 12.4 Å². The van der Waals surface area contributed by atoms with Gasteiger partial charge >= 0.3 is 0 Å². The van der Waals surface area contributed by atoms with E-state index in [1.165, 1.54) is 11.8 Å². The Bertz CT molecular complexity index is 367. The molecule has 5 heteroatoms. The van der Waals surface area contributed by atoms with Crippen molar-refractivity contribution in [3.8, 4) is 0 Å². The molecule has 0 aliphatic rings. The van der Waals surface area contributed by atoms with Gasteiger partial charge in [-0.15, -0.1) is 11.8 Å². The van der Waals surface area contributed by atoms with Crippen LogP contribution in [0.25, 0.3) is 0 Å². The predicted molar refractivity (Wildman–Crippen MR) is 71.9 cm³/mol. The monoisotopic (exact) mass is 253 g/mol. The largest absolute Gasteiger partial charge is 0.397 e. The molecule has 0 unspecified atom stereocenters. The molecule has 0 aromatic carbocycles. The van der Waals surface area contributed by atoms with Crippen molar-refractivity contribution in [2.45, 2.75) is 37.6 Å². The summed E-state index contributed by atoms with van der Waals surface area (Å²) in [7, 11) is 0. The van der Waals surface area contributed by atoms with E-state index in [0.29, 0.717) is 11.4 Å². The van der Waals surface area contributed by atoms with Crippen molar-refractivity contribution >= 4 is 23.4 Å². The van der Waals surface area contributed by atoms with Crippen LogP contribution < -0.4 is 11.1 Å². The van der Waals surface area contributed by atoms with E-state index in [-0.39, 0.29) is 11.9 Å². The van der Waals surface area contributed by atoms with Crippen molar-refractivity contribution in [2.75, 3.05) is 11.5 Å². The van der Waals surface area contributed by atoms with Crippen molar-refractivity contribution in [3.05, 3.63) is 18.5 Å². The summed E-state index contributed by atoms with van der Waals surface area (Å²) in [5, 5.41) is 2.99. The van der Waals surface area contributed by atoms with E-state index in [9.17, 15) is 4.79 Å². The minimum atomic E-state index is 0.0555. The highest BCUT2D eigenvalue weighted by Gasteiger charge is 2.09. The summed E-state index contributed by atoms with van der Waals surface area (Å²) in [4.78, 5) is 16.5. The van der Waals surface area contributed by atoms with Crippen LogP contribution in [-0.2, 0) is 4.79 Å². The number of hydrogen-bond donors (Lipinski definition) is 2. The van der Waals surface area contributed by atoms with Crippen LogP contribution in [0, 0.1) is 0 Å². The Morgan fingerprint density at radius 1 is 1.53 bits per heavy atom. The molecule has 4 nitrogen and oxygen atoms in total. The second-order valence-corrected chi connectivity index (χ2v) is 4.80. The lowest BCUT2D eigenvalue weighted by Gasteiger charge is -2.14. The number of nitrogens with two attached hydrogens (primary N) is 1. The van der Waals surface area contributed by atoms with Gasteiger partial charge in [0.25, 0.3) is 0 Å². The average Bonchev–Trinajstić information content (AvgIpc) is 2.35. The summed E-state index contributed by atoms with van der Waals surface area (Å²) < 4.78 is 0. The summed E-state index contributed by atoms with van der Waals surface area (Å²) in [6.07, 6.45) is 5.20. The Morgan fingerprint density at radius 3 is 2.82 bits per heavy atom. The lowest BCUT2D eigenvalue weighted by atomic mass is 10.2. The molecule has 94 valence electrons. The van der Waals surface area contributed by atoms with Gasteiger partial charge in [0.2, 0.25) is 5.91 Å². The number of pyridine rings is 1. The zero-order chi connectivity index (χ0) is 12.7. The topological polar surface area (TPSA) is 68.0 Å². The van der Waals surface area contributed by atoms with Gasteiger partial charge in [-0.1, -0.05) is 13.8 Å². The Kier molecular flexibility index (Phi) is 5.83. The van der Waals surface area contributed by atoms with Crippen molar-refractivity contribution < 1.29 is 4.79 Å². The molecule has 0 saturated carbocycles. The molecular weight excluding hydrogens is 234 g/mol. The maximum absolute atomic E-state index is 11.7. The molecule has 1 amide bonds. The van der Waals surface area contributed by atoms with E-state index < -0.39 is 0 Å². The highest BCUT2D eigenvalue weighted by Crippen LogP contribution is 2.22. The molecule has 0 fully saturated rings. The lowest BCUT2D eigenvalue weighted by molar-refractivity contribution is -0.119. The fourth-order valence-electron chi connectivity index (χ4n) is 1.43. The first-order chi connectivity index (χ1) is 8.17. The number of amides is 1. The van der Waals surface area contributed by atoms with Crippen molar-refractivity contribution in [1.82, 2.24) is 10.3 Å². The van der Waals surface area contributed by atoms with Crippen LogP contribution in [-0.4, -0.2) is 22.7 Å². The van der Waals surface area contributed by atoms with Gasteiger partial charge in [-0.3, -0.25) is 9.78 Å². The molecule has 17 heavy (non-hydrogen) atoms. The fraction of sp³-hybridized carbons (Fsp3) is 0.500. The molecule has 1 aromatic heterocycles. The van der Waals surface area contributed by atoms with Gasteiger partial charge in [-0.2, -0.15) is 0 Å². The van der Waals surface area contributed by atoms with Crippen LogP contribution in [0.15, 0.2) is 23.4 Å². The Balaban J connectivity index is 2.41. The molecule has 0 bridgehead atoms. The zero-order valence-corrected chi connectivity index (χ0v) is 11.1. The molecular formula is C12H19N3OS. The minimum Gasteiger partial charge on any atom is -0.397 e. The van der Waals surface area contributed by atoms with E-state index in [0.717, 1.165) is 17.7 Å². The van der Waals surface area contributed by atoms with Gasteiger partial charge in [0.1, 0.15) is 0 Å². The molecule has 1 aromatic rings. The number of hydrogen-bond acceptors (Lipinski definition) is 4. The van der Waals surface area contributed by atoms with Crippen molar-refractivity contribution in [2.24, 2.45) is 0 Å². The van der Waals surface area contributed by atoms with Crippen LogP contribution in [0.5, 0.6) is 0 Å². The standard InChI is InChI=1S/C12H19N3OS/c1-3-9(4-2)15-12(16)8-17-11-5-6-14-7-10(11)13/h5-7,9H,3-4,8,13H2,1-2H3,(H,15,16). The smallest absolute Gasteiger partial charge is 0.230 e. The number of carbonyl (C=O) groups excluding carboxylic acids is 1. The number of rotatable bonds is 6. The number of aromatic nitrogens is 1. The minimum absolute atomic E-state index is 0.0555. The van der Waals surface area contributed by atoms with Crippen molar-refractivity contribution in [3.63, 3.8) is 0 Å². The van der Waals surface area contributed by atoms with Gasteiger partial charge in [-0.05, 0) is 18.9 Å². The number of carbonyl (C=O) groups is 1. The van der Waals surface area contributed by atoms with Crippen LogP contribution in [0.2, 0.25) is 0 Å². The molecule has 1 rings (SSSR count). The number of nitrogens with zero attached hydrogens (tertiary/aromatic N) is 1. The van der Waals surface area contributed by atoms with Crippen LogP contribution in [0.3, 0.4) is 0 Å². The second-order valence-electron chi connectivity index (χ2n) is 3.78. The molecule has 0 spiro atoms. The quantitative estimate of drug-likeness (QED) is 0.761. The van der Waals surface area contributed by atoms with Gasteiger partial charge in [-0.25, -0.2) is 0 Å². The third-order valence-electron chi connectivity index (χ3n) is 2.52. The highest BCUT2D eigenvalue weighted by atomic mass is 32.2. The molecule has 1 heterocycles. The predicted octanol–water partition coefficient (Wildman–Crippen LogP) is 2.06. The molecule has 0 saturated heterocycles. The molecule has 0 aliphatic heterocycles. The maximum atomic E-state index is 11.7. The molecule has 3 N–H and O–H groups in total. The number of thioether (sulfide) groups is 1. The van der Waals surface area contributed by atoms with Crippen LogP contribution in [0.4, 0.5) is 5.69 Å². The zero-order valence-electron chi connectivity index (χ0n) is 10.3. The lowest BCUT2D eigenvalue weighted by Crippen LogP contribution is -2.35. The highest BCUT2D eigenvalue weighted by molar-refractivity contribution is 8.00. The third-order valence-corrected chi connectivity index (χ3v) is 3.61. The normalized spacial score (nSPS) is 10.5. The third kappa shape index (κ3) is 4.65. The fourth-order valence-corrected chi connectivity index (χ4v) is 2.18. The summed E-state index contributed by atoms with van der Waals surface area (Å²) in [6, 6.07) is 2.10. The molecule has 0 aliphatic carbocycles. The first-order valence-corrected chi connectivity index (χ1v) is 6.77. The molecule has 0 atom stereocenters. The van der Waals surface area contributed by atoms with Crippen LogP contribution >= 0.6 is 11.8 Å². The van der Waals surface area contributed by atoms with E-state index in [2.05, 4.69) is 24.1 Å². The summed E-state index contributed by atoms with van der Waals surface area (Å²) >= 11 is 1.44. The summed E-state index contributed by atoms with van der Waals surface area (Å²) in [6.45, 7) is 4.14. The Morgan fingerprint density at radius 2 is 2.24 bits per heavy atom. The number of anilines is 1. The van der Waals surface area contributed by atoms with E-state index in [1.807, 2.05) is 6.07 Å². The molecule has 0 radical (unpaired) electrons. The number of nitrogens with one attached hydrogen (secondary N) is 1.